The van der Waals surface area contributed by atoms with E-state index in [1.165, 1.54) is 21.5 Å². The fourth-order valence-electron chi connectivity index (χ4n) is 2.78. The molecule has 0 saturated carbocycles. The summed E-state index contributed by atoms with van der Waals surface area (Å²) >= 11 is 6.99. The van der Waals surface area contributed by atoms with Crippen molar-refractivity contribution in [3.8, 4) is 0 Å². The fourth-order valence-corrected chi connectivity index (χ4v) is 3.68. The molecule has 0 amide bonds. The van der Waals surface area contributed by atoms with Crippen molar-refractivity contribution in [2.45, 2.75) is 10.7 Å². The molecule has 4 rings (SSSR count). The van der Waals surface area contributed by atoms with Gasteiger partial charge in [0.15, 0.2) is 0 Å². The number of hydrogen-bond acceptors (Lipinski definition) is 2. The monoisotopic (exact) mass is 414 g/mol. The Hall–Kier alpha value is -1.52. The first-order valence-electron chi connectivity index (χ1n) is 7.02. The first-order chi connectivity index (χ1) is 10.8. The SMILES string of the molecule is BrCc1nc2cc3cc4ccccc4cc3cc2nc1CBr. The van der Waals surface area contributed by atoms with Gasteiger partial charge in [-0.25, -0.2) is 9.97 Å². The Morgan fingerprint density at radius 2 is 1.09 bits per heavy atom. The van der Waals surface area contributed by atoms with Crippen LogP contribution in [0.1, 0.15) is 11.4 Å². The molecule has 108 valence electrons. The summed E-state index contributed by atoms with van der Waals surface area (Å²) in [5.41, 5.74) is 3.87. The van der Waals surface area contributed by atoms with Gasteiger partial charge in [0.05, 0.1) is 22.4 Å². The first-order valence-corrected chi connectivity index (χ1v) is 9.27. The standard InChI is InChI=1S/C18H12Br2N2/c19-9-17-18(10-20)22-16-8-14-6-12-4-2-1-3-11(12)5-13(14)7-15(16)21-17/h1-8H,9-10H2. The Balaban J connectivity index is 2.07. The van der Waals surface area contributed by atoms with Gasteiger partial charge < -0.3 is 0 Å². The molecule has 1 heterocycles. The molecule has 0 fully saturated rings. The Morgan fingerprint density at radius 1 is 0.636 bits per heavy atom. The lowest BCUT2D eigenvalue weighted by molar-refractivity contribution is 1.08. The van der Waals surface area contributed by atoms with E-state index in [0.717, 1.165) is 22.4 Å². The van der Waals surface area contributed by atoms with Gasteiger partial charge in [-0.1, -0.05) is 56.1 Å². The largest absolute Gasteiger partial charge is 0.248 e. The molecule has 0 N–H and O–H groups in total. The highest BCUT2D eigenvalue weighted by atomic mass is 79.9. The van der Waals surface area contributed by atoms with E-state index in [1.54, 1.807) is 0 Å². The molecule has 1 aromatic heterocycles. The second kappa shape index (κ2) is 5.60. The number of halogens is 2. The summed E-state index contributed by atoms with van der Waals surface area (Å²) in [6, 6.07) is 17.1. The van der Waals surface area contributed by atoms with Crippen LogP contribution in [0.4, 0.5) is 0 Å². The van der Waals surface area contributed by atoms with Gasteiger partial charge in [-0.2, -0.15) is 0 Å². The molecule has 2 nitrogen and oxygen atoms in total. The molecular formula is C18H12Br2N2. The van der Waals surface area contributed by atoms with Gasteiger partial charge in [-0.3, -0.25) is 0 Å². The molecule has 22 heavy (non-hydrogen) atoms. The molecule has 0 bridgehead atoms. The van der Waals surface area contributed by atoms with Crippen molar-refractivity contribution in [2.75, 3.05) is 0 Å². The molecule has 4 aromatic rings. The number of alkyl halides is 2. The maximum atomic E-state index is 4.76. The van der Waals surface area contributed by atoms with Gasteiger partial charge in [0.2, 0.25) is 0 Å². The zero-order chi connectivity index (χ0) is 15.1. The normalized spacial score (nSPS) is 11.5. The summed E-state index contributed by atoms with van der Waals surface area (Å²) in [5, 5.41) is 6.33. The van der Waals surface area contributed by atoms with E-state index in [0.29, 0.717) is 10.7 Å². The number of nitrogens with zero attached hydrogens (tertiary/aromatic N) is 2. The van der Waals surface area contributed by atoms with Crippen LogP contribution in [0.3, 0.4) is 0 Å². The average Bonchev–Trinajstić information content (AvgIpc) is 2.56. The van der Waals surface area contributed by atoms with Crippen LogP contribution in [-0.4, -0.2) is 9.97 Å². The van der Waals surface area contributed by atoms with Crippen molar-refractivity contribution in [3.63, 3.8) is 0 Å². The van der Waals surface area contributed by atoms with E-state index >= 15 is 0 Å². The summed E-state index contributed by atoms with van der Waals surface area (Å²) in [4.78, 5) is 9.51. The minimum atomic E-state index is 0.715. The van der Waals surface area contributed by atoms with Crippen LogP contribution in [0.5, 0.6) is 0 Å². The number of fused-ring (bicyclic) bond motifs is 3. The van der Waals surface area contributed by atoms with Crippen molar-refractivity contribution < 1.29 is 0 Å². The second-order valence-corrected chi connectivity index (χ2v) is 6.39. The molecule has 4 heteroatoms. The van der Waals surface area contributed by atoms with E-state index in [2.05, 4.69) is 80.4 Å². The highest BCUT2D eigenvalue weighted by Gasteiger charge is 2.08. The summed E-state index contributed by atoms with van der Waals surface area (Å²) < 4.78 is 0. The molecule has 0 unspecified atom stereocenters. The van der Waals surface area contributed by atoms with Crippen molar-refractivity contribution >= 4 is 64.4 Å². The lowest BCUT2D eigenvalue weighted by Crippen LogP contribution is -1.98. The fraction of sp³-hybridized carbons (Fsp3) is 0.111. The van der Waals surface area contributed by atoms with Gasteiger partial charge in [-0.05, 0) is 45.8 Å². The van der Waals surface area contributed by atoms with E-state index < -0.39 is 0 Å². The van der Waals surface area contributed by atoms with E-state index in [9.17, 15) is 0 Å². The first kappa shape index (κ1) is 14.1. The van der Waals surface area contributed by atoms with Crippen molar-refractivity contribution in [2.24, 2.45) is 0 Å². The number of benzene rings is 3. The number of aromatic nitrogens is 2. The quantitative estimate of drug-likeness (QED) is 0.308. The third-order valence-electron chi connectivity index (χ3n) is 3.90. The maximum Gasteiger partial charge on any atom is 0.0897 e. The predicted octanol–water partition coefficient (Wildman–Crippen LogP) is 5.73. The van der Waals surface area contributed by atoms with E-state index in [4.69, 9.17) is 9.97 Å². The summed E-state index contributed by atoms with van der Waals surface area (Å²) in [6.07, 6.45) is 0. The highest BCUT2D eigenvalue weighted by molar-refractivity contribution is 9.09. The van der Waals surface area contributed by atoms with Crippen molar-refractivity contribution in [1.82, 2.24) is 9.97 Å². The van der Waals surface area contributed by atoms with Crippen molar-refractivity contribution in [3.05, 3.63) is 59.9 Å². The average molecular weight is 416 g/mol. The molecule has 0 saturated heterocycles. The van der Waals surface area contributed by atoms with Crippen LogP contribution in [0.15, 0.2) is 48.5 Å². The van der Waals surface area contributed by atoms with E-state index in [-0.39, 0.29) is 0 Å². The van der Waals surface area contributed by atoms with Crippen LogP contribution in [0, 0.1) is 0 Å². The minimum Gasteiger partial charge on any atom is -0.248 e. The smallest absolute Gasteiger partial charge is 0.0897 e. The van der Waals surface area contributed by atoms with Gasteiger partial charge in [0.25, 0.3) is 0 Å². The molecule has 0 aliphatic rings. The van der Waals surface area contributed by atoms with Crippen LogP contribution in [0.25, 0.3) is 32.6 Å². The Morgan fingerprint density at radius 3 is 1.50 bits per heavy atom. The molecule has 0 radical (unpaired) electrons. The maximum absolute atomic E-state index is 4.76. The van der Waals surface area contributed by atoms with Crippen LogP contribution < -0.4 is 0 Å². The molecule has 0 spiro atoms. The van der Waals surface area contributed by atoms with Crippen LogP contribution in [-0.2, 0) is 10.7 Å². The van der Waals surface area contributed by atoms with Gasteiger partial charge >= 0.3 is 0 Å². The van der Waals surface area contributed by atoms with Gasteiger partial charge in [0, 0.05) is 10.7 Å². The third-order valence-corrected chi connectivity index (χ3v) is 4.96. The topological polar surface area (TPSA) is 25.8 Å². The minimum absolute atomic E-state index is 0.715. The van der Waals surface area contributed by atoms with E-state index in [1.807, 2.05) is 0 Å². The lowest BCUT2D eigenvalue weighted by Gasteiger charge is -2.08. The van der Waals surface area contributed by atoms with Gasteiger partial charge in [-0.15, -0.1) is 0 Å². The molecule has 0 aliphatic carbocycles. The second-order valence-electron chi connectivity index (χ2n) is 5.27. The Kier molecular flexibility index (Phi) is 3.59. The zero-order valence-electron chi connectivity index (χ0n) is 11.7. The molecular weight excluding hydrogens is 404 g/mol. The summed E-state index contributed by atoms with van der Waals surface area (Å²) in [7, 11) is 0. The third kappa shape index (κ3) is 2.31. The summed E-state index contributed by atoms with van der Waals surface area (Å²) in [6.45, 7) is 0. The number of hydrogen-bond donors (Lipinski definition) is 0. The molecule has 0 atom stereocenters. The van der Waals surface area contributed by atoms with Crippen molar-refractivity contribution in [1.29, 1.82) is 0 Å². The number of rotatable bonds is 2. The summed E-state index contributed by atoms with van der Waals surface area (Å²) in [5.74, 6) is 0. The Bertz CT molecular complexity index is 930. The Labute approximate surface area is 144 Å². The highest BCUT2D eigenvalue weighted by Crippen LogP contribution is 2.27. The van der Waals surface area contributed by atoms with Crippen LogP contribution >= 0.6 is 31.9 Å². The lowest BCUT2D eigenvalue weighted by atomic mass is 10.0. The van der Waals surface area contributed by atoms with Crippen LogP contribution in [0.2, 0.25) is 0 Å². The zero-order valence-corrected chi connectivity index (χ0v) is 14.9. The van der Waals surface area contributed by atoms with Gasteiger partial charge in [0.1, 0.15) is 0 Å². The molecule has 0 aliphatic heterocycles. The molecule has 3 aromatic carbocycles. The predicted molar refractivity (Wildman–Crippen MR) is 99.8 cm³/mol.